The Bertz CT molecular complexity index is 685. The summed E-state index contributed by atoms with van der Waals surface area (Å²) in [6, 6.07) is 20.1. The van der Waals surface area contributed by atoms with Crippen LogP contribution in [0, 0.1) is 0 Å². The molecule has 2 nitrogen and oxygen atoms in total. The lowest BCUT2D eigenvalue weighted by Gasteiger charge is -2.13. The van der Waals surface area contributed by atoms with E-state index in [2.05, 4.69) is 23.6 Å². The van der Waals surface area contributed by atoms with E-state index >= 15 is 0 Å². The first-order valence-electron chi connectivity index (χ1n) is 6.87. The number of benzene rings is 2. The lowest BCUT2D eigenvalue weighted by molar-refractivity contribution is 0.306. The molecular weight excluding hydrogens is 314 g/mol. The van der Waals surface area contributed by atoms with Crippen LogP contribution in [-0.2, 0) is 6.61 Å². The van der Waals surface area contributed by atoms with E-state index in [0.717, 1.165) is 22.4 Å². The number of hydrogen-bond acceptors (Lipinski definition) is 3. The number of rotatable bonds is 5. The molecule has 0 unspecified atom stereocenters. The highest BCUT2D eigenvalue weighted by atomic mass is 35.5. The van der Waals surface area contributed by atoms with Crippen LogP contribution in [0.3, 0.4) is 0 Å². The molecule has 0 aliphatic carbocycles. The molecule has 0 amide bonds. The van der Waals surface area contributed by atoms with Gasteiger partial charge in [-0.05, 0) is 45.6 Å². The third kappa shape index (κ3) is 4.10. The molecule has 0 radical (unpaired) electrons. The molecule has 0 saturated carbocycles. The summed E-state index contributed by atoms with van der Waals surface area (Å²) in [6.07, 6.45) is 0. The Balaban J connectivity index is 0.00000176. The highest BCUT2D eigenvalue weighted by Gasteiger charge is 2.10. The summed E-state index contributed by atoms with van der Waals surface area (Å²) >= 11 is 1.66. The van der Waals surface area contributed by atoms with Crippen molar-refractivity contribution < 1.29 is 4.74 Å². The number of hydrogen-bond donors (Lipinski definition) is 1. The van der Waals surface area contributed by atoms with Crippen molar-refractivity contribution in [2.75, 3.05) is 0 Å². The third-order valence-corrected chi connectivity index (χ3v) is 4.07. The number of ether oxygens (including phenoxy) is 1. The zero-order chi connectivity index (χ0) is 14.5. The molecule has 0 fully saturated rings. The van der Waals surface area contributed by atoms with E-state index in [0.29, 0.717) is 6.61 Å². The van der Waals surface area contributed by atoms with Crippen LogP contribution in [0.5, 0.6) is 5.75 Å². The van der Waals surface area contributed by atoms with Crippen LogP contribution >= 0.6 is 23.7 Å². The largest absolute Gasteiger partial charge is 0.489 e. The Morgan fingerprint density at radius 1 is 0.955 bits per heavy atom. The van der Waals surface area contributed by atoms with Crippen LogP contribution in [0.4, 0.5) is 0 Å². The molecule has 0 spiro atoms. The van der Waals surface area contributed by atoms with Gasteiger partial charge >= 0.3 is 0 Å². The Kier molecular flexibility index (Phi) is 6.01. The molecule has 1 heterocycles. The molecule has 22 heavy (non-hydrogen) atoms. The zero-order valence-electron chi connectivity index (χ0n) is 12.0. The second kappa shape index (κ2) is 7.99. The van der Waals surface area contributed by atoms with Crippen LogP contribution in [0.25, 0.3) is 0 Å². The lowest BCUT2D eigenvalue weighted by Crippen LogP contribution is -2.10. The quantitative estimate of drug-likeness (QED) is 0.729. The summed E-state index contributed by atoms with van der Waals surface area (Å²) in [6.45, 7) is 0.567. The van der Waals surface area contributed by atoms with E-state index in [-0.39, 0.29) is 18.4 Å². The molecule has 3 rings (SSSR count). The maximum absolute atomic E-state index is 6.29. The predicted molar refractivity (Wildman–Crippen MR) is 94.8 cm³/mol. The number of halogens is 1. The minimum absolute atomic E-state index is 0. The van der Waals surface area contributed by atoms with Gasteiger partial charge in [-0.1, -0.05) is 42.5 Å². The summed E-state index contributed by atoms with van der Waals surface area (Å²) in [5.41, 5.74) is 9.65. The van der Waals surface area contributed by atoms with Gasteiger partial charge in [0.2, 0.25) is 0 Å². The normalized spacial score (nSPS) is 11.5. The average molecular weight is 332 g/mol. The van der Waals surface area contributed by atoms with Crippen molar-refractivity contribution in [3.8, 4) is 5.75 Å². The minimum atomic E-state index is -0.100. The van der Waals surface area contributed by atoms with E-state index in [4.69, 9.17) is 10.5 Å². The molecular formula is C18H18ClNOS. The van der Waals surface area contributed by atoms with E-state index in [1.165, 1.54) is 0 Å². The SMILES string of the molecule is Cl.N[C@@H](c1ccsc1)c1cccc(OCc2ccccc2)c1. The molecule has 2 N–H and O–H groups in total. The van der Waals surface area contributed by atoms with Gasteiger partial charge in [-0.15, -0.1) is 12.4 Å². The van der Waals surface area contributed by atoms with Crippen LogP contribution < -0.4 is 10.5 Å². The van der Waals surface area contributed by atoms with Gasteiger partial charge in [-0.3, -0.25) is 0 Å². The van der Waals surface area contributed by atoms with Crippen LogP contribution in [0.1, 0.15) is 22.7 Å². The monoisotopic (exact) mass is 331 g/mol. The molecule has 1 aromatic heterocycles. The van der Waals surface area contributed by atoms with Crippen molar-refractivity contribution in [2.45, 2.75) is 12.6 Å². The van der Waals surface area contributed by atoms with Crippen molar-refractivity contribution in [3.63, 3.8) is 0 Å². The standard InChI is InChI=1S/C18H17NOS.ClH/c19-18(16-9-10-21-13-16)15-7-4-8-17(11-15)20-12-14-5-2-1-3-6-14;/h1-11,13,18H,12,19H2;1H/t18-;/m1./s1. The molecule has 3 aromatic rings. The zero-order valence-corrected chi connectivity index (χ0v) is 13.6. The van der Waals surface area contributed by atoms with Gasteiger partial charge in [0, 0.05) is 0 Å². The highest BCUT2D eigenvalue weighted by molar-refractivity contribution is 7.08. The molecule has 0 aliphatic rings. The highest BCUT2D eigenvalue weighted by Crippen LogP contribution is 2.25. The lowest BCUT2D eigenvalue weighted by atomic mass is 10.0. The van der Waals surface area contributed by atoms with Gasteiger partial charge in [0.25, 0.3) is 0 Å². The Morgan fingerprint density at radius 3 is 2.50 bits per heavy atom. The van der Waals surface area contributed by atoms with Crippen LogP contribution in [0.2, 0.25) is 0 Å². The minimum Gasteiger partial charge on any atom is -0.489 e. The fourth-order valence-electron chi connectivity index (χ4n) is 2.18. The van der Waals surface area contributed by atoms with Crippen molar-refractivity contribution in [2.24, 2.45) is 5.73 Å². The fourth-order valence-corrected chi connectivity index (χ4v) is 2.88. The van der Waals surface area contributed by atoms with Crippen LogP contribution in [-0.4, -0.2) is 0 Å². The van der Waals surface area contributed by atoms with Gasteiger partial charge in [0.05, 0.1) is 6.04 Å². The van der Waals surface area contributed by atoms with Gasteiger partial charge in [-0.25, -0.2) is 0 Å². The van der Waals surface area contributed by atoms with E-state index in [9.17, 15) is 0 Å². The number of nitrogens with two attached hydrogens (primary N) is 1. The Hall–Kier alpha value is -1.81. The van der Waals surface area contributed by atoms with E-state index in [1.54, 1.807) is 11.3 Å². The van der Waals surface area contributed by atoms with Crippen LogP contribution in [0.15, 0.2) is 71.4 Å². The maximum atomic E-state index is 6.29. The van der Waals surface area contributed by atoms with Gasteiger partial charge in [0.1, 0.15) is 12.4 Å². The summed E-state index contributed by atoms with van der Waals surface area (Å²) in [5.74, 6) is 0.849. The Morgan fingerprint density at radius 2 is 1.77 bits per heavy atom. The molecule has 4 heteroatoms. The van der Waals surface area contributed by atoms with E-state index in [1.807, 2.05) is 47.8 Å². The second-order valence-electron chi connectivity index (χ2n) is 4.88. The average Bonchev–Trinajstić information content (AvgIpc) is 3.08. The summed E-state index contributed by atoms with van der Waals surface area (Å²) in [5, 5.41) is 4.13. The summed E-state index contributed by atoms with van der Waals surface area (Å²) in [7, 11) is 0. The van der Waals surface area contributed by atoms with Crippen molar-refractivity contribution >= 4 is 23.7 Å². The smallest absolute Gasteiger partial charge is 0.120 e. The van der Waals surface area contributed by atoms with Gasteiger partial charge < -0.3 is 10.5 Å². The molecule has 0 saturated heterocycles. The van der Waals surface area contributed by atoms with Crippen molar-refractivity contribution in [1.29, 1.82) is 0 Å². The first-order valence-corrected chi connectivity index (χ1v) is 7.81. The van der Waals surface area contributed by atoms with Gasteiger partial charge in [0.15, 0.2) is 0 Å². The Labute approximate surface area is 141 Å². The molecule has 2 aromatic carbocycles. The predicted octanol–water partition coefficient (Wildman–Crippen LogP) is 4.80. The van der Waals surface area contributed by atoms with Crippen molar-refractivity contribution in [3.05, 3.63) is 88.1 Å². The number of thiophene rings is 1. The molecule has 0 aliphatic heterocycles. The van der Waals surface area contributed by atoms with Gasteiger partial charge in [-0.2, -0.15) is 11.3 Å². The first kappa shape index (κ1) is 16.6. The molecule has 0 bridgehead atoms. The maximum Gasteiger partial charge on any atom is 0.120 e. The topological polar surface area (TPSA) is 35.2 Å². The second-order valence-corrected chi connectivity index (χ2v) is 5.66. The fraction of sp³-hybridized carbons (Fsp3) is 0.111. The third-order valence-electron chi connectivity index (χ3n) is 3.37. The van der Waals surface area contributed by atoms with E-state index < -0.39 is 0 Å². The summed E-state index contributed by atoms with van der Waals surface area (Å²) in [4.78, 5) is 0. The summed E-state index contributed by atoms with van der Waals surface area (Å²) < 4.78 is 5.85. The van der Waals surface area contributed by atoms with Crippen molar-refractivity contribution in [1.82, 2.24) is 0 Å². The molecule has 114 valence electrons. The first-order chi connectivity index (χ1) is 10.3. The molecule has 1 atom stereocenters.